The molecule has 0 saturated carbocycles. The monoisotopic (exact) mass is 295 g/mol. The lowest BCUT2D eigenvalue weighted by Gasteiger charge is -2.00. The van der Waals surface area contributed by atoms with E-state index in [0.29, 0.717) is 5.71 Å². The van der Waals surface area contributed by atoms with Crippen molar-refractivity contribution in [1.82, 2.24) is 0 Å². The molecule has 5 heteroatoms. The number of nitrogens with one attached hydrogen (secondary N) is 1. The van der Waals surface area contributed by atoms with Crippen LogP contribution in [-0.2, 0) is 0 Å². The zero-order valence-electron chi connectivity index (χ0n) is 11.7. The quantitative estimate of drug-likeness (QED) is 0.659. The lowest BCUT2D eigenvalue weighted by molar-refractivity contribution is 0.415. The Hall–Kier alpha value is -1.56. The molecule has 0 saturated heterocycles. The minimum atomic E-state index is 0. The third kappa shape index (κ3) is 6.56. The molecule has 0 radical (unpaired) electrons. The summed E-state index contributed by atoms with van der Waals surface area (Å²) in [6.07, 6.45) is 8.22. The highest BCUT2D eigenvalue weighted by molar-refractivity contribution is 7.97. The van der Waals surface area contributed by atoms with Crippen LogP contribution >= 0.6 is 12.0 Å². The Balaban J connectivity index is 0.000000359. The van der Waals surface area contributed by atoms with E-state index in [9.17, 15) is 0 Å². The van der Waals surface area contributed by atoms with Gasteiger partial charge in [0.05, 0.1) is 7.11 Å². The first-order valence-corrected chi connectivity index (χ1v) is 6.82. The third-order valence-electron chi connectivity index (χ3n) is 2.59. The van der Waals surface area contributed by atoms with Crippen LogP contribution in [0.15, 0.2) is 47.4 Å². The zero-order valence-corrected chi connectivity index (χ0v) is 12.5. The summed E-state index contributed by atoms with van der Waals surface area (Å²) in [5.74, 6) is 0.829. The first-order valence-electron chi connectivity index (χ1n) is 6.05. The largest absolute Gasteiger partial charge is 0.497 e. The molecule has 20 heavy (non-hydrogen) atoms. The van der Waals surface area contributed by atoms with Gasteiger partial charge in [-0.3, -0.25) is 0 Å². The minimum absolute atomic E-state index is 0. The van der Waals surface area contributed by atoms with E-state index >= 15 is 0 Å². The summed E-state index contributed by atoms with van der Waals surface area (Å²) >= 11 is 0.820. The van der Waals surface area contributed by atoms with Crippen molar-refractivity contribution in [2.24, 2.45) is 0 Å². The highest BCUT2D eigenvalue weighted by Crippen LogP contribution is 2.18. The molecule has 110 valence electrons. The average molecular weight is 295 g/mol. The second-order valence-corrected chi connectivity index (χ2v) is 4.68. The molecular weight excluding hydrogens is 274 g/mol. The normalized spacial score (nSPS) is 12.4. The van der Waals surface area contributed by atoms with Crippen LogP contribution in [0.4, 0.5) is 0 Å². The van der Waals surface area contributed by atoms with Crippen LogP contribution in [0.5, 0.6) is 5.75 Å². The Morgan fingerprint density at radius 3 is 2.25 bits per heavy atom. The second-order valence-electron chi connectivity index (χ2n) is 4.03. The zero-order chi connectivity index (χ0) is 14.1. The van der Waals surface area contributed by atoms with E-state index in [2.05, 4.69) is 6.08 Å². The van der Waals surface area contributed by atoms with Crippen molar-refractivity contribution >= 4 is 17.8 Å². The maximum Gasteiger partial charge on any atom is 0.118 e. The molecule has 0 bridgehead atoms. The van der Waals surface area contributed by atoms with Gasteiger partial charge in [0.15, 0.2) is 0 Å². The summed E-state index contributed by atoms with van der Waals surface area (Å²) in [4.78, 5) is 0.969. The van der Waals surface area contributed by atoms with Gasteiger partial charge in [-0.05, 0) is 49.6 Å². The molecule has 1 aliphatic rings. The van der Waals surface area contributed by atoms with Crippen LogP contribution in [0.2, 0.25) is 0 Å². The number of hydrogen-bond acceptors (Lipinski definition) is 4. The van der Waals surface area contributed by atoms with E-state index in [1.807, 2.05) is 36.4 Å². The molecule has 0 heterocycles. The van der Waals surface area contributed by atoms with Gasteiger partial charge in [-0.1, -0.05) is 18.2 Å². The molecular formula is C15H21NO3S. The Morgan fingerprint density at radius 2 is 1.90 bits per heavy atom. The fourth-order valence-corrected chi connectivity index (χ4v) is 1.85. The highest BCUT2D eigenvalue weighted by Gasteiger charge is 1.94. The molecule has 0 atom stereocenters. The fraction of sp³-hybridized carbons (Fsp3) is 0.267. The van der Waals surface area contributed by atoms with Gasteiger partial charge in [-0.25, -0.2) is 0 Å². The first-order chi connectivity index (χ1) is 9.17. The van der Waals surface area contributed by atoms with Gasteiger partial charge >= 0.3 is 0 Å². The SMILES string of the molecule is COc1ccc(C(C)=N)cc1.O.OSC1=CCCC=C1. The lowest BCUT2D eigenvalue weighted by Crippen LogP contribution is -1.91. The van der Waals surface area contributed by atoms with Crippen LogP contribution in [0.25, 0.3) is 0 Å². The topological polar surface area (TPSA) is 84.8 Å². The maximum atomic E-state index is 8.49. The first kappa shape index (κ1) is 18.4. The van der Waals surface area contributed by atoms with E-state index in [1.165, 1.54) is 0 Å². The Kier molecular flexibility index (Phi) is 9.45. The molecule has 0 unspecified atom stereocenters. The van der Waals surface area contributed by atoms with Crippen molar-refractivity contribution in [3.63, 3.8) is 0 Å². The number of allylic oxidation sites excluding steroid dienone is 3. The summed E-state index contributed by atoms with van der Waals surface area (Å²) in [6.45, 7) is 1.77. The summed E-state index contributed by atoms with van der Waals surface area (Å²) in [5.41, 5.74) is 1.51. The molecule has 0 fully saturated rings. The molecule has 4 nitrogen and oxygen atoms in total. The smallest absolute Gasteiger partial charge is 0.118 e. The van der Waals surface area contributed by atoms with Crippen molar-refractivity contribution in [3.05, 3.63) is 53.0 Å². The number of benzene rings is 1. The molecule has 2 rings (SSSR count). The number of rotatable bonds is 3. The minimum Gasteiger partial charge on any atom is -0.497 e. The summed E-state index contributed by atoms with van der Waals surface area (Å²) in [6, 6.07) is 7.46. The standard InChI is InChI=1S/C9H11NO.C6H8OS.H2O/c1-7(10)8-3-5-9(11-2)6-4-8;7-8-6-4-2-1-3-5-6;/h3-6,10H,1-2H3;2,4-5,7H,1,3H2;1H2. The van der Waals surface area contributed by atoms with E-state index < -0.39 is 0 Å². The molecule has 0 amide bonds. The van der Waals surface area contributed by atoms with Crippen molar-refractivity contribution in [1.29, 1.82) is 5.41 Å². The number of hydrogen-bond donors (Lipinski definition) is 2. The van der Waals surface area contributed by atoms with Crippen molar-refractivity contribution in [2.45, 2.75) is 19.8 Å². The van der Waals surface area contributed by atoms with E-state index in [1.54, 1.807) is 14.0 Å². The average Bonchev–Trinajstić information content (AvgIpc) is 2.48. The molecule has 4 N–H and O–H groups in total. The summed E-state index contributed by atoms with van der Waals surface area (Å²) in [7, 11) is 1.63. The van der Waals surface area contributed by atoms with Gasteiger partial charge in [0.25, 0.3) is 0 Å². The predicted octanol–water partition coefficient (Wildman–Crippen LogP) is 3.68. The number of methoxy groups -OCH3 is 1. The fourth-order valence-electron chi connectivity index (χ4n) is 1.50. The van der Waals surface area contributed by atoms with E-state index in [0.717, 1.165) is 41.1 Å². The highest BCUT2D eigenvalue weighted by atomic mass is 32.2. The predicted molar refractivity (Wildman–Crippen MR) is 85.8 cm³/mol. The van der Waals surface area contributed by atoms with Gasteiger partial charge in [-0.2, -0.15) is 0 Å². The molecule has 0 aromatic heterocycles. The molecule has 1 aromatic carbocycles. The van der Waals surface area contributed by atoms with E-state index in [4.69, 9.17) is 14.7 Å². The molecule has 0 spiro atoms. The molecule has 1 aliphatic carbocycles. The van der Waals surface area contributed by atoms with Crippen LogP contribution in [-0.4, -0.2) is 22.9 Å². The second kappa shape index (κ2) is 10.3. The Bertz CT molecular complexity index is 467. The van der Waals surface area contributed by atoms with Crippen molar-refractivity contribution in [3.8, 4) is 5.75 Å². The van der Waals surface area contributed by atoms with Crippen molar-refractivity contribution < 1.29 is 14.8 Å². The molecule has 1 aromatic rings. The lowest BCUT2D eigenvalue weighted by atomic mass is 10.1. The summed E-state index contributed by atoms with van der Waals surface area (Å²) < 4.78 is 13.5. The third-order valence-corrected chi connectivity index (χ3v) is 3.10. The van der Waals surface area contributed by atoms with Crippen LogP contribution in [0, 0.1) is 5.41 Å². The molecule has 0 aliphatic heterocycles. The number of ether oxygens (including phenoxy) is 1. The van der Waals surface area contributed by atoms with Crippen molar-refractivity contribution in [2.75, 3.05) is 7.11 Å². The Labute approximate surface area is 124 Å². The van der Waals surface area contributed by atoms with Gasteiger partial charge in [-0.15, -0.1) is 0 Å². The summed E-state index contributed by atoms with van der Waals surface area (Å²) in [5, 5.41) is 7.32. The van der Waals surface area contributed by atoms with Gasteiger partial charge in [0, 0.05) is 22.7 Å². The Morgan fingerprint density at radius 1 is 1.25 bits per heavy atom. The van der Waals surface area contributed by atoms with Crippen LogP contribution < -0.4 is 4.74 Å². The van der Waals surface area contributed by atoms with Gasteiger partial charge < -0.3 is 20.2 Å². The van der Waals surface area contributed by atoms with E-state index in [-0.39, 0.29) is 5.48 Å². The van der Waals surface area contributed by atoms with Gasteiger partial charge in [0.1, 0.15) is 5.75 Å². The van der Waals surface area contributed by atoms with Gasteiger partial charge in [0.2, 0.25) is 0 Å². The van der Waals surface area contributed by atoms with Crippen LogP contribution in [0.3, 0.4) is 0 Å². The maximum absolute atomic E-state index is 8.49. The van der Waals surface area contributed by atoms with Crippen LogP contribution in [0.1, 0.15) is 25.3 Å².